The summed E-state index contributed by atoms with van der Waals surface area (Å²) in [5, 5.41) is 0. The molecule has 1 aromatic heterocycles. The molecule has 1 aromatic carbocycles. The van der Waals surface area contributed by atoms with Crippen LogP contribution in [0.4, 0.5) is 0 Å². The van der Waals surface area contributed by atoms with Crippen LogP contribution < -0.4 is 4.74 Å². The molecule has 0 atom stereocenters. The molecule has 2 rings (SSSR count). The van der Waals surface area contributed by atoms with Crippen LogP contribution in [0.3, 0.4) is 0 Å². The lowest BCUT2D eigenvalue weighted by atomic mass is 10.2. The van der Waals surface area contributed by atoms with E-state index in [4.69, 9.17) is 4.74 Å². The molecule has 0 unspecified atom stereocenters. The first kappa shape index (κ1) is 10.6. The number of allylic oxidation sites excluding steroid dienone is 1. The van der Waals surface area contributed by atoms with Gasteiger partial charge >= 0.3 is 0 Å². The van der Waals surface area contributed by atoms with Gasteiger partial charge in [-0.2, -0.15) is 0 Å². The average molecular weight is 214 g/mol. The molecular formula is C13H14N2O. The van der Waals surface area contributed by atoms with Crippen molar-refractivity contribution in [1.29, 1.82) is 0 Å². The summed E-state index contributed by atoms with van der Waals surface area (Å²) in [5.41, 5.74) is 3.60. The quantitative estimate of drug-likeness (QED) is 0.770. The molecule has 0 N–H and O–H groups in total. The van der Waals surface area contributed by atoms with Crippen LogP contribution in [0.1, 0.15) is 18.3 Å². The lowest BCUT2D eigenvalue weighted by molar-refractivity contribution is 0.415. The molecular weight excluding hydrogens is 200 g/mol. The summed E-state index contributed by atoms with van der Waals surface area (Å²) in [6.45, 7) is 3.93. The van der Waals surface area contributed by atoms with Crippen molar-refractivity contribution >= 4 is 17.1 Å². The number of nitrogens with zero attached hydrogens (tertiary/aromatic N) is 2. The summed E-state index contributed by atoms with van der Waals surface area (Å²) in [6, 6.07) is 5.72. The molecule has 0 radical (unpaired) electrons. The molecule has 0 aliphatic carbocycles. The fraction of sp³-hybridized carbons (Fsp3) is 0.231. The summed E-state index contributed by atoms with van der Waals surface area (Å²) in [5.74, 6) is 0.806. The molecule has 0 spiro atoms. The van der Waals surface area contributed by atoms with Crippen LogP contribution in [0.2, 0.25) is 0 Å². The SMILES string of the molecule is CC=Cc1nc2ccc(OC)cc2nc1C. The van der Waals surface area contributed by atoms with Crippen LogP contribution in [0.25, 0.3) is 17.1 Å². The minimum absolute atomic E-state index is 0.806. The van der Waals surface area contributed by atoms with Crippen molar-refractivity contribution in [3.05, 3.63) is 35.7 Å². The third kappa shape index (κ3) is 1.89. The lowest BCUT2D eigenvalue weighted by Crippen LogP contribution is -1.94. The van der Waals surface area contributed by atoms with E-state index >= 15 is 0 Å². The minimum Gasteiger partial charge on any atom is -0.497 e. The molecule has 3 nitrogen and oxygen atoms in total. The van der Waals surface area contributed by atoms with Crippen molar-refractivity contribution in [2.45, 2.75) is 13.8 Å². The van der Waals surface area contributed by atoms with E-state index in [1.807, 2.05) is 44.2 Å². The first-order valence-electron chi connectivity index (χ1n) is 5.19. The first-order chi connectivity index (χ1) is 7.74. The Morgan fingerprint density at radius 1 is 1.19 bits per heavy atom. The Morgan fingerprint density at radius 2 is 2.00 bits per heavy atom. The summed E-state index contributed by atoms with van der Waals surface area (Å²) in [7, 11) is 1.65. The zero-order valence-electron chi connectivity index (χ0n) is 9.69. The van der Waals surface area contributed by atoms with Crippen molar-refractivity contribution in [1.82, 2.24) is 9.97 Å². The molecule has 2 aromatic rings. The monoisotopic (exact) mass is 214 g/mol. The Balaban J connectivity index is 2.63. The highest BCUT2D eigenvalue weighted by atomic mass is 16.5. The predicted octanol–water partition coefficient (Wildman–Crippen LogP) is 2.98. The third-order valence-corrected chi connectivity index (χ3v) is 2.41. The van der Waals surface area contributed by atoms with Gasteiger partial charge in [0, 0.05) is 6.07 Å². The highest BCUT2D eigenvalue weighted by Gasteiger charge is 2.03. The van der Waals surface area contributed by atoms with Gasteiger partial charge < -0.3 is 4.74 Å². The van der Waals surface area contributed by atoms with E-state index in [1.165, 1.54) is 0 Å². The van der Waals surface area contributed by atoms with Gasteiger partial charge in [-0.15, -0.1) is 0 Å². The summed E-state index contributed by atoms with van der Waals surface area (Å²) in [6.07, 6.45) is 3.93. The van der Waals surface area contributed by atoms with Crippen molar-refractivity contribution < 1.29 is 4.74 Å². The second-order valence-corrected chi connectivity index (χ2v) is 3.55. The number of aromatic nitrogens is 2. The molecule has 16 heavy (non-hydrogen) atoms. The van der Waals surface area contributed by atoms with Gasteiger partial charge in [0.15, 0.2) is 0 Å². The van der Waals surface area contributed by atoms with Crippen LogP contribution in [0.5, 0.6) is 5.75 Å². The highest BCUT2D eigenvalue weighted by Crippen LogP contribution is 2.19. The van der Waals surface area contributed by atoms with Crippen LogP contribution in [0, 0.1) is 6.92 Å². The minimum atomic E-state index is 0.806. The Labute approximate surface area is 94.8 Å². The van der Waals surface area contributed by atoms with Crippen molar-refractivity contribution in [3.63, 3.8) is 0 Å². The standard InChI is InChI=1S/C13H14N2O/c1-4-5-11-9(2)14-13-8-10(16-3)6-7-12(13)15-11/h4-8H,1-3H3. The molecule has 0 saturated heterocycles. The maximum atomic E-state index is 5.16. The molecule has 1 heterocycles. The van der Waals surface area contributed by atoms with Gasteiger partial charge in [0.2, 0.25) is 0 Å². The summed E-state index contributed by atoms with van der Waals surface area (Å²) >= 11 is 0. The zero-order chi connectivity index (χ0) is 11.5. The Morgan fingerprint density at radius 3 is 2.69 bits per heavy atom. The Bertz CT molecular complexity index is 547. The molecule has 0 saturated carbocycles. The van der Waals surface area contributed by atoms with Crippen LogP contribution in [-0.4, -0.2) is 17.1 Å². The number of aryl methyl sites for hydroxylation is 1. The number of hydrogen-bond acceptors (Lipinski definition) is 3. The third-order valence-electron chi connectivity index (χ3n) is 2.41. The van der Waals surface area contributed by atoms with E-state index in [2.05, 4.69) is 9.97 Å². The van der Waals surface area contributed by atoms with Gasteiger partial charge in [-0.1, -0.05) is 6.08 Å². The smallest absolute Gasteiger partial charge is 0.121 e. The molecule has 0 aliphatic heterocycles. The molecule has 0 fully saturated rings. The van der Waals surface area contributed by atoms with Gasteiger partial charge in [-0.05, 0) is 32.1 Å². The Kier molecular flexibility index (Phi) is 2.86. The van der Waals surface area contributed by atoms with Gasteiger partial charge in [-0.3, -0.25) is 0 Å². The van der Waals surface area contributed by atoms with E-state index in [0.29, 0.717) is 0 Å². The lowest BCUT2D eigenvalue weighted by Gasteiger charge is -2.04. The molecule has 82 valence electrons. The van der Waals surface area contributed by atoms with Gasteiger partial charge in [0.25, 0.3) is 0 Å². The normalized spacial score (nSPS) is 11.2. The number of ether oxygens (including phenoxy) is 1. The fourth-order valence-corrected chi connectivity index (χ4v) is 1.58. The zero-order valence-corrected chi connectivity index (χ0v) is 9.69. The van der Waals surface area contributed by atoms with E-state index in [0.717, 1.165) is 28.2 Å². The molecule has 0 aliphatic rings. The van der Waals surface area contributed by atoms with Gasteiger partial charge in [0.05, 0.1) is 29.5 Å². The average Bonchev–Trinajstić information content (AvgIpc) is 2.30. The van der Waals surface area contributed by atoms with Crippen LogP contribution >= 0.6 is 0 Å². The van der Waals surface area contributed by atoms with E-state index < -0.39 is 0 Å². The van der Waals surface area contributed by atoms with E-state index in [-0.39, 0.29) is 0 Å². The van der Waals surface area contributed by atoms with Crippen molar-refractivity contribution in [3.8, 4) is 5.75 Å². The largest absolute Gasteiger partial charge is 0.497 e. The van der Waals surface area contributed by atoms with E-state index in [1.54, 1.807) is 7.11 Å². The predicted molar refractivity (Wildman–Crippen MR) is 65.5 cm³/mol. The second kappa shape index (κ2) is 4.31. The summed E-state index contributed by atoms with van der Waals surface area (Å²) in [4.78, 5) is 9.04. The maximum Gasteiger partial charge on any atom is 0.121 e. The van der Waals surface area contributed by atoms with Crippen LogP contribution in [-0.2, 0) is 0 Å². The maximum absolute atomic E-state index is 5.16. The van der Waals surface area contributed by atoms with E-state index in [9.17, 15) is 0 Å². The fourth-order valence-electron chi connectivity index (χ4n) is 1.58. The molecule has 3 heteroatoms. The van der Waals surface area contributed by atoms with Crippen molar-refractivity contribution in [2.75, 3.05) is 7.11 Å². The number of benzene rings is 1. The summed E-state index contributed by atoms with van der Waals surface area (Å²) < 4.78 is 5.16. The highest BCUT2D eigenvalue weighted by molar-refractivity contribution is 5.77. The van der Waals surface area contributed by atoms with Gasteiger partial charge in [0.1, 0.15) is 5.75 Å². The number of methoxy groups -OCH3 is 1. The van der Waals surface area contributed by atoms with Crippen molar-refractivity contribution in [2.24, 2.45) is 0 Å². The number of hydrogen-bond donors (Lipinski definition) is 0. The first-order valence-corrected chi connectivity index (χ1v) is 5.19. The number of fused-ring (bicyclic) bond motifs is 1. The molecule has 0 amide bonds. The second-order valence-electron chi connectivity index (χ2n) is 3.55. The Hall–Kier alpha value is -1.90. The van der Waals surface area contributed by atoms with Gasteiger partial charge in [-0.25, -0.2) is 9.97 Å². The molecule has 0 bridgehead atoms. The topological polar surface area (TPSA) is 35.0 Å². The van der Waals surface area contributed by atoms with Crippen LogP contribution in [0.15, 0.2) is 24.3 Å². The number of rotatable bonds is 2.